The molecule has 4 rings (SSSR count). The van der Waals surface area contributed by atoms with Gasteiger partial charge in [-0.2, -0.15) is 10.2 Å². The van der Waals surface area contributed by atoms with Gasteiger partial charge in [-0.3, -0.25) is 5.10 Å². The summed E-state index contributed by atoms with van der Waals surface area (Å²) >= 11 is 0. The molecule has 0 aromatic carbocycles. The number of hydrogen-bond acceptors (Lipinski definition) is 6. The highest BCUT2D eigenvalue weighted by Crippen LogP contribution is 2.20. The van der Waals surface area contributed by atoms with Crippen molar-refractivity contribution in [3.63, 3.8) is 0 Å². The maximum Gasteiger partial charge on any atom is 0.178 e. The molecule has 0 amide bonds. The molecule has 4 heterocycles. The van der Waals surface area contributed by atoms with Gasteiger partial charge in [0.15, 0.2) is 17.3 Å². The van der Waals surface area contributed by atoms with Gasteiger partial charge in [-0.15, -0.1) is 0 Å². The number of aromatic amines is 1. The van der Waals surface area contributed by atoms with Gasteiger partial charge in [0.05, 0.1) is 19.0 Å². The molecule has 1 atom stereocenters. The second-order valence-electron chi connectivity index (χ2n) is 6.51. The predicted molar refractivity (Wildman–Crippen MR) is 90.2 cm³/mol. The minimum absolute atomic E-state index is 0.400. The van der Waals surface area contributed by atoms with Crippen LogP contribution in [0, 0.1) is 5.92 Å². The van der Waals surface area contributed by atoms with Crippen LogP contribution in [0.5, 0.6) is 0 Å². The van der Waals surface area contributed by atoms with Crippen molar-refractivity contribution >= 4 is 22.8 Å². The Bertz CT molecular complexity index is 832. The zero-order valence-corrected chi connectivity index (χ0v) is 13.9. The Hall–Kier alpha value is -2.48. The van der Waals surface area contributed by atoms with Gasteiger partial charge in [0.2, 0.25) is 0 Å². The lowest BCUT2D eigenvalue weighted by Crippen LogP contribution is -2.12. The van der Waals surface area contributed by atoms with Crippen LogP contribution in [0.25, 0.3) is 11.2 Å². The third kappa shape index (κ3) is 2.96. The van der Waals surface area contributed by atoms with Gasteiger partial charge in [-0.05, 0) is 12.3 Å². The molecule has 3 aromatic heterocycles. The minimum Gasteiger partial charge on any atom is -0.381 e. The number of rotatable bonds is 5. The van der Waals surface area contributed by atoms with E-state index in [0.717, 1.165) is 48.9 Å². The Kier molecular flexibility index (Phi) is 3.89. The highest BCUT2D eigenvalue weighted by molar-refractivity contribution is 5.71. The summed E-state index contributed by atoms with van der Waals surface area (Å²) in [5, 5.41) is 14.9. The van der Waals surface area contributed by atoms with E-state index in [4.69, 9.17) is 4.74 Å². The molecule has 8 heteroatoms. The lowest BCUT2D eigenvalue weighted by molar-refractivity contribution is 0.182. The van der Waals surface area contributed by atoms with Crippen molar-refractivity contribution in [2.45, 2.75) is 32.7 Å². The highest BCUT2D eigenvalue weighted by atomic mass is 16.5. The van der Waals surface area contributed by atoms with E-state index >= 15 is 0 Å². The molecule has 0 spiro atoms. The fourth-order valence-electron chi connectivity index (χ4n) is 2.84. The van der Waals surface area contributed by atoms with E-state index in [0.29, 0.717) is 17.7 Å². The second kappa shape index (κ2) is 6.20. The third-order valence-electron chi connectivity index (χ3n) is 4.28. The molecule has 1 aliphatic heterocycles. The smallest absolute Gasteiger partial charge is 0.178 e. The molecule has 3 aromatic rings. The Morgan fingerprint density at radius 1 is 1.38 bits per heavy atom. The van der Waals surface area contributed by atoms with E-state index in [-0.39, 0.29) is 0 Å². The monoisotopic (exact) mass is 327 g/mol. The summed E-state index contributed by atoms with van der Waals surface area (Å²) in [7, 11) is 0. The Labute approximate surface area is 139 Å². The molecule has 0 saturated carbocycles. The van der Waals surface area contributed by atoms with E-state index < -0.39 is 0 Å². The number of aromatic nitrogens is 6. The van der Waals surface area contributed by atoms with E-state index in [1.807, 2.05) is 10.7 Å². The normalized spacial score (nSPS) is 17.9. The number of anilines is 2. The fraction of sp³-hybridized carbons (Fsp3) is 0.500. The maximum atomic E-state index is 5.44. The molecule has 2 N–H and O–H groups in total. The first-order chi connectivity index (χ1) is 11.7. The van der Waals surface area contributed by atoms with Crippen molar-refractivity contribution in [1.82, 2.24) is 29.9 Å². The highest BCUT2D eigenvalue weighted by Gasteiger charge is 2.18. The van der Waals surface area contributed by atoms with Crippen LogP contribution >= 0.6 is 0 Å². The van der Waals surface area contributed by atoms with Crippen LogP contribution in [0.1, 0.15) is 31.9 Å². The second-order valence-corrected chi connectivity index (χ2v) is 6.51. The molecule has 8 nitrogen and oxygen atoms in total. The summed E-state index contributed by atoms with van der Waals surface area (Å²) in [6, 6.07) is 1.99. The van der Waals surface area contributed by atoms with Crippen LogP contribution in [0.4, 0.5) is 11.6 Å². The first-order valence-corrected chi connectivity index (χ1v) is 8.27. The number of hydrogen-bond donors (Lipinski definition) is 2. The first kappa shape index (κ1) is 15.1. The van der Waals surface area contributed by atoms with E-state index in [9.17, 15) is 0 Å². The van der Waals surface area contributed by atoms with Crippen LogP contribution < -0.4 is 5.32 Å². The SMILES string of the molecule is CC(C)c1cc(Nc2cnc3cnn(C[C@@H]4CCOC4)c3n2)n[nH]1. The van der Waals surface area contributed by atoms with Crippen LogP contribution in [0.3, 0.4) is 0 Å². The summed E-state index contributed by atoms with van der Waals surface area (Å²) in [4.78, 5) is 9.10. The molecule has 0 bridgehead atoms. The Morgan fingerprint density at radius 2 is 2.29 bits per heavy atom. The van der Waals surface area contributed by atoms with Gasteiger partial charge < -0.3 is 10.1 Å². The van der Waals surface area contributed by atoms with E-state index in [1.54, 1.807) is 12.4 Å². The zero-order chi connectivity index (χ0) is 16.5. The summed E-state index contributed by atoms with van der Waals surface area (Å²) in [5.74, 6) is 2.29. The lowest BCUT2D eigenvalue weighted by Gasteiger charge is -2.08. The molecule has 126 valence electrons. The molecule has 0 radical (unpaired) electrons. The van der Waals surface area contributed by atoms with Gasteiger partial charge in [-0.25, -0.2) is 14.6 Å². The number of fused-ring (bicyclic) bond motifs is 1. The van der Waals surface area contributed by atoms with Gasteiger partial charge in [0, 0.05) is 30.8 Å². The number of H-pyrrole nitrogens is 1. The van der Waals surface area contributed by atoms with Crippen molar-refractivity contribution in [3.8, 4) is 0 Å². The Morgan fingerprint density at radius 3 is 3.04 bits per heavy atom. The quantitative estimate of drug-likeness (QED) is 0.747. The standard InChI is InChI=1S/C16H21N7O/c1-10(2)12-5-14(22-21-12)19-15-7-17-13-6-18-23(16(13)20-15)8-11-3-4-24-9-11/h5-7,10-11H,3-4,8-9H2,1-2H3,(H2,19,20,21,22)/t11-/m0/s1. The van der Waals surface area contributed by atoms with Crippen molar-refractivity contribution in [2.24, 2.45) is 5.92 Å². The van der Waals surface area contributed by atoms with E-state index in [1.165, 1.54) is 0 Å². The van der Waals surface area contributed by atoms with Crippen molar-refractivity contribution < 1.29 is 4.74 Å². The number of ether oxygens (including phenoxy) is 1. The molecule has 24 heavy (non-hydrogen) atoms. The van der Waals surface area contributed by atoms with Crippen LogP contribution in [0.2, 0.25) is 0 Å². The van der Waals surface area contributed by atoms with Crippen LogP contribution in [-0.4, -0.2) is 43.2 Å². The van der Waals surface area contributed by atoms with Gasteiger partial charge in [0.1, 0.15) is 5.52 Å². The molecule has 0 unspecified atom stereocenters. The summed E-state index contributed by atoms with van der Waals surface area (Å²) in [6.07, 6.45) is 4.53. The van der Waals surface area contributed by atoms with Crippen LogP contribution in [0.15, 0.2) is 18.5 Å². The topological polar surface area (TPSA) is 93.5 Å². The predicted octanol–water partition coefficient (Wildman–Crippen LogP) is 2.45. The Balaban J connectivity index is 1.56. The average molecular weight is 327 g/mol. The number of nitrogens with one attached hydrogen (secondary N) is 2. The molecular formula is C16H21N7O. The van der Waals surface area contributed by atoms with Crippen molar-refractivity contribution in [2.75, 3.05) is 18.5 Å². The van der Waals surface area contributed by atoms with Crippen molar-refractivity contribution in [3.05, 3.63) is 24.2 Å². The molecule has 0 aliphatic carbocycles. The van der Waals surface area contributed by atoms with Gasteiger partial charge in [-0.1, -0.05) is 13.8 Å². The molecular weight excluding hydrogens is 306 g/mol. The third-order valence-corrected chi connectivity index (χ3v) is 4.28. The summed E-state index contributed by atoms with van der Waals surface area (Å²) in [5.41, 5.74) is 2.66. The van der Waals surface area contributed by atoms with Gasteiger partial charge in [0.25, 0.3) is 0 Å². The summed E-state index contributed by atoms with van der Waals surface area (Å²) < 4.78 is 7.35. The summed E-state index contributed by atoms with van der Waals surface area (Å²) in [6.45, 7) is 6.67. The first-order valence-electron chi connectivity index (χ1n) is 8.27. The van der Waals surface area contributed by atoms with Crippen molar-refractivity contribution in [1.29, 1.82) is 0 Å². The average Bonchev–Trinajstić information content (AvgIpc) is 3.30. The number of nitrogens with zero attached hydrogens (tertiary/aromatic N) is 5. The maximum absolute atomic E-state index is 5.44. The largest absolute Gasteiger partial charge is 0.381 e. The lowest BCUT2D eigenvalue weighted by atomic mass is 10.1. The molecule has 1 saturated heterocycles. The zero-order valence-electron chi connectivity index (χ0n) is 13.9. The fourth-order valence-corrected chi connectivity index (χ4v) is 2.84. The van der Waals surface area contributed by atoms with Gasteiger partial charge >= 0.3 is 0 Å². The molecule has 1 fully saturated rings. The minimum atomic E-state index is 0.400. The molecule has 1 aliphatic rings. The van der Waals surface area contributed by atoms with E-state index in [2.05, 4.69) is 44.4 Å². The van der Waals surface area contributed by atoms with Crippen LogP contribution in [-0.2, 0) is 11.3 Å².